The Labute approximate surface area is 277 Å². The van der Waals surface area contributed by atoms with E-state index >= 15 is 0 Å². The lowest BCUT2D eigenvalue weighted by Crippen LogP contribution is -2.52. The number of hydrogen-bond acceptors (Lipinski definition) is 8. The van der Waals surface area contributed by atoms with Crippen LogP contribution in [0.2, 0.25) is 0 Å². The van der Waals surface area contributed by atoms with E-state index in [-0.39, 0.29) is 11.3 Å². The first-order valence-corrected chi connectivity index (χ1v) is 18.1. The number of phenolic OH excluding ortho intramolecular Hbond substituents is 1. The van der Waals surface area contributed by atoms with Crippen LogP contribution in [0, 0.1) is 9.49 Å². The van der Waals surface area contributed by atoms with Crippen LogP contribution in [0.5, 0.6) is 11.8 Å². The lowest BCUT2D eigenvalue weighted by molar-refractivity contribution is 0.0772. The van der Waals surface area contributed by atoms with Crippen molar-refractivity contribution in [3.63, 3.8) is 0 Å². The Hall–Kier alpha value is -2.44. The minimum atomic E-state index is -0.790. The number of nitrogens with zero attached hydrogens (tertiary/aromatic N) is 5. The van der Waals surface area contributed by atoms with Gasteiger partial charge in [-0.25, -0.2) is 4.39 Å². The fourth-order valence-electron chi connectivity index (χ4n) is 9.90. The Balaban J connectivity index is 1.06. The average Bonchev–Trinajstić information content (AvgIpc) is 3.65. The first-order valence-electron chi connectivity index (χ1n) is 17.0. The third-order valence-electron chi connectivity index (χ3n) is 11.8. The van der Waals surface area contributed by atoms with Crippen LogP contribution in [0.4, 0.5) is 15.9 Å². The van der Waals surface area contributed by atoms with Crippen LogP contribution in [0.1, 0.15) is 62.6 Å². The molecule has 3 aromatic rings. The van der Waals surface area contributed by atoms with Crippen molar-refractivity contribution in [3.8, 4) is 11.8 Å². The standard InChI is InChI=1S/C35H42FIN6O2/c36-23-15-35(14-22-4-1-2-7-30(22)43(35)16-23)20-45-34-39-29-19-41(31-13-26(44)12-21-5-3-6-28(37)32(21)31)11-10-27(29)33(40-34)42-17-24-8-9-25(18-42)38-24/h3,5-6,12-13,22-25,30,38,44H,1-2,4,7-11,14-20H2. The average molecular weight is 725 g/mol. The molecule has 6 heterocycles. The second kappa shape index (κ2) is 11.1. The van der Waals surface area contributed by atoms with E-state index in [0.29, 0.717) is 56.2 Å². The molecule has 0 amide bonds. The maximum atomic E-state index is 15.0. The van der Waals surface area contributed by atoms with Crippen molar-refractivity contribution in [2.75, 3.05) is 42.6 Å². The molecule has 5 fully saturated rings. The Kier molecular flexibility index (Phi) is 7.08. The van der Waals surface area contributed by atoms with E-state index in [1.165, 1.54) is 47.7 Å². The van der Waals surface area contributed by atoms with Gasteiger partial charge in [0.25, 0.3) is 0 Å². The van der Waals surface area contributed by atoms with Crippen LogP contribution < -0.4 is 19.9 Å². The van der Waals surface area contributed by atoms with Crippen molar-refractivity contribution < 1.29 is 14.2 Å². The molecule has 6 aliphatic rings. The zero-order valence-electron chi connectivity index (χ0n) is 25.7. The Morgan fingerprint density at radius 2 is 1.87 bits per heavy atom. The molecule has 6 unspecified atom stereocenters. The molecule has 1 saturated carbocycles. The van der Waals surface area contributed by atoms with E-state index in [4.69, 9.17) is 14.7 Å². The molecule has 45 heavy (non-hydrogen) atoms. The summed E-state index contributed by atoms with van der Waals surface area (Å²) < 4.78 is 22.8. The Morgan fingerprint density at radius 3 is 2.73 bits per heavy atom. The molecule has 0 radical (unpaired) electrons. The summed E-state index contributed by atoms with van der Waals surface area (Å²) in [5.74, 6) is 1.95. The summed E-state index contributed by atoms with van der Waals surface area (Å²) in [4.78, 5) is 17.6. The molecule has 8 nitrogen and oxygen atoms in total. The number of halogens is 2. The quantitative estimate of drug-likeness (QED) is 0.332. The van der Waals surface area contributed by atoms with E-state index in [1.807, 2.05) is 18.2 Å². The molecule has 1 aliphatic carbocycles. The van der Waals surface area contributed by atoms with Crippen LogP contribution in [-0.4, -0.2) is 82.6 Å². The minimum absolute atomic E-state index is 0.254. The lowest BCUT2D eigenvalue weighted by Gasteiger charge is -2.38. The second-order valence-electron chi connectivity index (χ2n) is 14.6. The first-order chi connectivity index (χ1) is 21.9. The van der Waals surface area contributed by atoms with Crippen molar-refractivity contribution in [1.29, 1.82) is 0 Å². The van der Waals surface area contributed by atoms with Crippen LogP contribution in [0.25, 0.3) is 10.8 Å². The van der Waals surface area contributed by atoms with Crippen molar-refractivity contribution >= 4 is 44.9 Å². The van der Waals surface area contributed by atoms with E-state index in [0.717, 1.165) is 60.4 Å². The molecular weight excluding hydrogens is 682 g/mol. The number of fused-ring (bicyclic) bond motifs is 7. The van der Waals surface area contributed by atoms with E-state index in [9.17, 15) is 9.50 Å². The summed E-state index contributed by atoms with van der Waals surface area (Å²) in [5, 5.41) is 16.6. The minimum Gasteiger partial charge on any atom is -0.508 e. The third-order valence-corrected chi connectivity index (χ3v) is 12.7. The number of piperazine rings is 1. The number of nitrogens with one attached hydrogen (secondary N) is 1. The van der Waals surface area contributed by atoms with Crippen molar-refractivity contribution in [2.45, 2.75) is 94.2 Å². The summed E-state index contributed by atoms with van der Waals surface area (Å²) in [7, 11) is 0. The number of rotatable bonds is 5. The maximum absolute atomic E-state index is 15.0. The maximum Gasteiger partial charge on any atom is 0.318 e. The summed E-state index contributed by atoms with van der Waals surface area (Å²) in [6.07, 6.45) is 9.00. The lowest BCUT2D eigenvalue weighted by atomic mass is 9.81. The molecule has 5 aliphatic heterocycles. The second-order valence-corrected chi connectivity index (χ2v) is 15.7. The number of anilines is 2. The van der Waals surface area contributed by atoms with Gasteiger partial charge in [-0.3, -0.25) is 4.90 Å². The molecule has 10 heteroatoms. The molecule has 2 aromatic carbocycles. The highest BCUT2D eigenvalue weighted by molar-refractivity contribution is 14.1. The molecule has 238 valence electrons. The monoisotopic (exact) mass is 724 g/mol. The molecule has 0 spiro atoms. The van der Waals surface area contributed by atoms with Crippen LogP contribution in [-0.2, 0) is 13.0 Å². The zero-order chi connectivity index (χ0) is 30.3. The topological polar surface area (TPSA) is 77.0 Å². The van der Waals surface area contributed by atoms with Crippen molar-refractivity contribution in [1.82, 2.24) is 20.2 Å². The Morgan fingerprint density at radius 1 is 1.02 bits per heavy atom. The van der Waals surface area contributed by atoms with E-state index < -0.39 is 6.17 Å². The van der Waals surface area contributed by atoms with Gasteiger partial charge in [0.15, 0.2) is 0 Å². The fourth-order valence-corrected chi connectivity index (χ4v) is 10.7. The first kappa shape index (κ1) is 28.8. The number of hydrogen-bond donors (Lipinski definition) is 2. The summed E-state index contributed by atoms with van der Waals surface area (Å²) in [5.41, 5.74) is 3.00. The largest absolute Gasteiger partial charge is 0.508 e. The van der Waals surface area contributed by atoms with E-state index in [2.05, 4.69) is 54.7 Å². The van der Waals surface area contributed by atoms with Gasteiger partial charge >= 0.3 is 6.01 Å². The van der Waals surface area contributed by atoms with Gasteiger partial charge in [0.2, 0.25) is 0 Å². The predicted molar refractivity (Wildman–Crippen MR) is 182 cm³/mol. The molecule has 1 aromatic heterocycles. The molecular formula is C35H42FIN6O2. The Bertz CT molecular complexity index is 1630. The SMILES string of the molecule is Oc1cc(N2CCc3c(nc(OCC45CC(F)CN4C4CCCCC4C5)nc3N3CC4CCC(C3)N4)C2)c2c(I)cccc2c1. The molecule has 2 N–H and O–H groups in total. The van der Waals surface area contributed by atoms with Crippen molar-refractivity contribution in [3.05, 3.63) is 45.2 Å². The van der Waals surface area contributed by atoms with E-state index in [1.54, 1.807) is 0 Å². The molecule has 9 rings (SSSR count). The highest BCUT2D eigenvalue weighted by Gasteiger charge is 2.57. The van der Waals surface area contributed by atoms with Gasteiger partial charge in [-0.05, 0) is 84.6 Å². The predicted octanol–water partition coefficient (Wildman–Crippen LogP) is 5.57. The third kappa shape index (κ3) is 4.96. The van der Waals surface area contributed by atoms with Gasteiger partial charge in [-0.15, -0.1) is 0 Å². The molecule has 4 saturated heterocycles. The van der Waals surface area contributed by atoms with Crippen molar-refractivity contribution in [2.24, 2.45) is 5.92 Å². The molecule has 6 atom stereocenters. The number of phenols is 1. The number of benzene rings is 2. The normalized spacial score (nSPS) is 32.5. The summed E-state index contributed by atoms with van der Waals surface area (Å²) >= 11 is 2.40. The smallest absolute Gasteiger partial charge is 0.318 e. The van der Waals surface area contributed by atoms with Gasteiger partial charge in [0.05, 0.1) is 17.8 Å². The zero-order valence-corrected chi connectivity index (χ0v) is 27.9. The number of aromatic nitrogens is 2. The van der Waals surface area contributed by atoms with Gasteiger partial charge in [-0.1, -0.05) is 25.0 Å². The van der Waals surface area contributed by atoms with Gasteiger partial charge in [-0.2, -0.15) is 9.97 Å². The van der Waals surface area contributed by atoms with Gasteiger partial charge < -0.3 is 25.0 Å². The summed E-state index contributed by atoms with van der Waals surface area (Å²) in [6.45, 7) is 4.33. The van der Waals surface area contributed by atoms with Gasteiger partial charge in [0.1, 0.15) is 24.3 Å². The van der Waals surface area contributed by atoms with Crippen LogP contribution in [0.3, 0.4) is 0 Å². The number of aromatic hydroxyl groups is 1. The highest BCUT2D eigenvalue weighted by Crippen LogP contribution is 2.51. The molecule has 2 bridgehead atoms. The summed E-state index contributed by atoms with van der Waals surface area (Å²) in [6, 6.07) is 11.9. The highest BCUT2D eigenvalue weighted by atomic mass is 127. The number of alkyl halides is 1. The number of ether oxygens (including phenoxy) is 1. The fraction of sp³-hybridized carbons (Fsp3) is 0.600. The van der Waals surface area contributed by atoms with Crippen LogP contribution in [0.15, 0.2) is 30.3 Å². The van der Waals surface area contributed by atoms with Gasteiger partial charge in [0, 0.05) is 77.0 Å². The van der Waals surface area contributed by atoms with Crippen LogP contribution >= 0.6 is 22.6 Å².